The van der Waals surface area contributed by atoms with Crippen LogP contribution in [0.1, 0.15) is 5.56 Å². The zero-order valence-electron chi connectivity index (χ0n) is 15.3. The number of fused-ring (bicyclic) bond motifs is 1. The Hall–Kier alpha value is -3.58. The molecule has 4 aromatic rings. The van der Waals surface area contributed by atoms with Gasteiger partial charge in [0.25, 0.3) is 11.1 Å². The summed E-state index contributed by atoms with van der Waals surface area (Å²) in [5.41, 5.74) is 4.78. The fraction of sp³-hybridized carbons (Fsp3) is 0.0455. The monoisotopic (exact) mass is 403 g/mol. The van der Waals surface area contributed by atoms with Gasteiger partial charge in [-0.05, 0) is 42.0 Å². The minimum Gasteiger partial charge on any atom is -0.457 e. The molecule has 0 aliphatic heterocycles. The maximum atomic E-state index is 12.0. The van der Waals surface area contributed by atoms with Crippen LogP contribution in [0.15, 0.2) is 93.6 Å². The van der Waals surface area contributed by atoms with E-state index in [9.17, 15) is 4.79 Å². The molecule has 7 heteroatoms. The summed E-state index contributed by atoms with van der Waals surface area (Å²) < 4.78 is 11.4. The van der Waals surface area contributed by atoms with Gasteiger partial charge in [-0.15, -0.1) is 0 Å². The normalized spacial score (nSPS) is 11.0. The highest BCUT2D eigenvalue weighted by atomic mass is 32.2. The van der Waals surface area contributed by atoms with Gasteiger partial charge in [-0.2, -0.15) is 5.10 Å². The van der Waals surface area contributed by atoms with Crippen LogP contribution in [0.2, 0.25) is 0 Å². The highest BCUT2D eigenvalue weighted by molar-refractivity contribution is 7.99. The number of benzene rings is 3. The van der Waals surface area contributed by atoms with Crippen molar-refractivity contribution in [2.45, 2.75) is 5.22 Å². The smallest absolute Gasteiger partial charge is 0.257 e. The Bertz CT molecular complexity index is 1110. The van der Waals surface area contributed by atoms with Crippen LogP contribution in [0.3, 0.4) is 0 Å². The van der Waals surface area contributed by atoms with Crippen LogP contribution in [0.5, 0.6) is 11.5 Å². The third-order valence-corrected chi connectivity index (χ3v) is 4.67. The van der Waals surface area contributed by atoms with Crippen molar-refractivity contribution in [3.63, 3.8) is 0 Å². The number of oxazole rings is 1. The third kappa shape index (κ3) is 5.24. The zero-order chi connectivity index (χ0) is 19.9. The van der Waals surface area contributed by atoms with Gasteiger partial charge in [0.2, 0.25) is 0 Å². The summed E-state index contributed by atoms with van der Waals surface area (Å²) >= 11 is 1.22. The van der Waals surface area contributed by atoms with Crippen molar-refractivity contribution < 1.29 is 13.9 Å². The Balaban J connectivity index is 1.29. The molecule has 0 radical (unpaired) electrons. The van der Waals surface area contributed by atoms with Crippen LogP contribution < -0.4 is 10.2 Å². The van der Waals surface area contributed by atoms with Gasteiger partial charge in [0.1, 0.15) is 17.0 Å². The van der Waals surface area contributed by atoms with E-state index in [4.69, 9.17) is 9.15 Å². The van der Waals surface area contributed by atoms with E-state index in [-0.39, 0.29) is 11.7 Å². The molecule has 6 nitrogen and oxygen atoms in total. The summed E-state index contributed by atoms with van der Waals surface area (Å²) in [5, 5.41) is 4.45. The predicted octanol–water partition coefficient (Wildman–Crippen LogP) is 4.86. The van der Waals surface area contributed by atoms with E-state index in [1.165, 1.54) is 11.8 Å². The number of para-hydroxylation sites is 3. The van der Waals surface area contributed by atoms with Crippen LogP contribution in [-0.4, -0.2) is 22.9 Å². The SMILES string of the molecule is O=C(CSc1nc2ccccc2o1)N/N=C\c1cccc(Oc2ccccc2)c1. The molecule has 4 rings (SSSR count). The van der Waals surface area contributed by atoms with E-state index in [1.54, 1.807) is 6.21 Å². The molecule has 0 saturated carbocycles. The van der Waals surface area contributed by atoms with Gasteiger partial charge in [-0.25, -0.2) is 10.4 Å². The number of rotatable bonds is 7. The van der Waals surface area contributed by atoms with E-state index in [2.05, 4.69) is 15.5 Å². The Kier molecular flexibility index (Phi) is 5.87. The van der Waals surface area contributed by atoms with Gasteiger partial charge in [0.15, 0.2) is 5.58 Å². The van der Waals surface area contributed by atoms with Gasteiger partial charge in [-0.3, -0.25) is 4.79 Å². The summed E-state index contributed by atoms with van der Waals surface area (Å²) in [7, 11) is 0. The molecule has 0 saturated heterocycles. The average molecular weight is 403 g/mol. The summed E-state index contributed by atoms with van der Waals surface area (Å²) in [6, 6.07) is 24.4. The molecule has 1 N–H and O–H groups in total. The number of ether oxygens (including phenoxy) is 1. The highest BCUT2D eigenvalue weighted by Crippen LogP contribution is 2.23. The lowest BCUT2D eigenvalue weighted by atomic mass is 10.2. The van der Waals surface area contributed by atoms with Crippen molar-refractivity contribution in [2.24, 2.45) is 5.10 Å². The van der Waals surface area contributed by atoms with Gasteiger partial charge in [-0.1, -0.05) is 54.2 Å². The molecule has 0 unspecified atom stereocenters. The second kappa shape index (κ2) is 9.07. The predicted molar refractivity (Wildman–Crippen MR) is 113 cm³/mol. The number of nitrogens with zero attached hydrogens (tertiary/aromatic N) is 2. The van der Waals surface area contributed by atoms with Gasteiger partial charge >= 0.3 is 0 Å². The molecule has 0 aliphatic rings. The maximum absolute atomic E-state index is 12.0. The van der Waals surface area contributed by atoms with Crippen molar-refractivity contribution in [1.82, 2.24) is 10.4 Å². The molecule has 144 valence electrons. The van der Waals surface area contributed by atoms with Gasteiger partial charge in [0.05, 0.1) is 12.0 Å². The van der Waals surface area contributed by atoms with Crippen molar-refractivity contribution in [3.05, 3.63) is 84.4 Å². The van der Waals surface area contributed by atoms with Gasteiger partial charge in [0, 0.05) is 0 Å². The third-order valence-electron chi connectivity index (χ3n) is 3.84. The largest absolute Gasteiger partial charge is 0.457 e. The van der Waals surface area contributed by atoms with Crippen molar-refractivity contribution >= 4 is 35.0 Å². The fourth-order valence-electron chi connectivity index (χ4n) is 2.53. The van der Waals surface area contributed by atoms with E-state index in [0.29, 0.717) is 16.6 Å². The standard InChI is InChI=1S/C22H17N3O3S/c26-21(15-29-22-24-19-11-4-5-12-20(19)28-22)25-23-14-16-7-6-10-18(13-16)27-17-8-2-1-3-9-17/h1-14H,15H2,(H,25,26)/b23-14-. The first-order chi connectivity index (χ1) is 14.3. The molecular formula is C22H17N3O3S. The van der Waals surface area contributed by atoms with Crippen LogP contribution in [0, 0.1) is 0 Å². The topological polar surface area (TPSA) is 76.7 Å². The van der Waals surface area contributed by atoms with E-state index in [0.717, 1.165) is 16.8 Å². The van der Waals surface area contributed by atoms with Crippen molar-refractivity contribution in [1.29, 1.82) is 0 Å². The number of amides is 1. The fourth-order valence-corrected chi connectivity index (χ4v) is 3.16. The van der Waals surface area contributed by atoms with Crippen molar-refractivity contribution in [3.8, 4) is 11.5 Å². The lowest BCUT2D eigenvalue weighted by Crippen LogP contribution is -2.19. The molecule has 1 heterocycles. The summed E-state index contributed by atoms with van der Waals surface area (Å²) in [6.45, 7) is 0. The quantitative estimate of drug-likeness (QED) is 0.271. The Morgan fingerprint density at radius 1 is 1.03 bits per heavy atom. The Labute approximate surface area is 171 Å². The summed E-state index contributed by atoms with van der Waals surface area (Å²) in [6.07, 6.45) is 1.57. The second-order valence-electron chi connectivity index (χ2n) is 6.02. The molecule has 0 atom stereocenters. The molecule has 0 fully saturated rings. The molecule has 1 aromatic heterocycles. The maximum Gasteiger partial charge on any atom is 0.257 e. The second-order valence-corrected chi connectivity index (χ2v) is 6.94. The van der Waals surface area contributed by atoms with E-state index >= 15 is 0 Å². The first kappa shape index (κ1) is 18.8. The lowest BCUT2D eigenvalue weighted by Gasteiger charge is -2.05. The minimum atomic E-state index is -0.245. The first-order valence-electron chi connectivity index (χ1n) is 8.89. The number of hydrogen-bond donors (Lipinski definition) is 1. The minimum absolute atomic E-state index is 0.154. The molecule has 1 amide bonds. The number of nitrogens with one attached hydrogen (secondary N) is 1. The number of hydrogen-bond acceptors (Lipinski definition) is 6. The number of carbonyl (C=O) groups is 1. The molecule has 0 bridgehead atoms. The van der Waals surface area contributed by atoms with E-state index < -0.39 is 0 Å². The van der Waals surface area contributed by atoms with Crippen molar-refractivity contribution in [2.75, 3.05) is 5.75 Å². The molecular weight excluding hydrogens is 386 g/mol. The molecule has 0 aliphatic carbocycles. The number of carbonyl (C=O) groups excluding carboxylic acids is 1. The van der Waals surface area contributed by atoms with Crippen LogP contribution >= 0.6 is 11.8 Å². The van der Waals surface area contributed by atoms with Gasteiger partial charge < -0.3 is 9.15 Å². The Morgan fingerprint density at radius 2 is 1.83 bits per heavy atom. The highest BCUT2D eigenvalue weighted by Gasteiger charge is 2.08. The average Bonchev–Trinajstić information content (AvgIpc) is 3.16. The number of aromatic nitrogens is 1. The number of hydrazone groups is 1. The Morgan fingerprint density at radius 3 is 2.69 bits per heavy atom. The first-order valence-corrected chi connectivity index (χ1v) is 9.88. The summed E-state index contributed by atoms with van der Waals surface area (Å²) in [4.78, 5) is 16.3. The molecule has 29 heavy (non-hydrogen) atoms. The van der Waals surface area contributed by atoms with Crippen LogP contribution in [-0.2, 0) is 4.79 Å². The molecule has 0 spiro atoms. The summed E-state index contributed by atoms with van der Waals surface area (Å²) in [5.74, 6) is 1.36. The number of thioether (sulfide) groups is 1. The molecule has 3 aromatic carbocycles. The lowest BCUT2D eigenvalue weighted by molar-refractivity contribution is -0.118. The van der Waals surface area contributed by atoms with E-state index in [1.807, 2.05) is 78.9 Å². The van der Waals surface area contributed by atoms with Crippen LogP contribution in [0.25, 0.3) is 11.1 Å². The zero-order valence-corrected chi connectivity index (χ0v) is 16.1. The van der Waals surface area contributed by atoms with Crippen LogP contribution in [0.4, 0.5) is 0 Å².